The van der Waals surface area contributed by atoms with Crippen LogP contribution in [-0.2, 0) is 21.2 Å². The first-order chi connectivity index (χ1) is 14.3. The van der Waals surface area contributed by atoms with Crippen LogP contribution in [0.3, 0.4) is 0 Å². The van der Waals surface area contributed by atoms with E-state index in [-0.39, 0.29) is 23.8 Å². The van der Waals surface area contributed by atoms with Crippen molar-refractivity contribution in [1.82, 2.24) is 4.72 Å². The molecule has 0 spiro atoms. The van der Waals surface area contributed by atoms with E-state index in [1.165, 1.54) is 12.1 Å². The van der Waals surface area contributed by atoms with Gasteiger partial charge in [-0.05, 0) is 49.1 Å². The second-order valence-electron chi connectivity index (χ2n) is 7.37. The monoisotopic (exact) mass is 440 g/mol. The van der Waals surface area contributed by atoms with Crippen molar-refractivity contribution in [3.8, 4) is 0 Å². The van der Waals surface area contributed by atoms with Gasteiger partial charge in [-0.25, -0.2) is 26.3 Å². The fourth-order valence-electron chi connectivity index (χ4n) is 3.44. The lowest BCUT2D eigenvalue weighted by Gasteiger charge is -2.22. The molecule has 5 nitrogen and oxygen atoms in total. The Labute approximate surface area is 173 Å². The van der Waals surface area contributed by atoms with Gasteiger partial charge in [0, 0.05) is 12.5 Å². The van der Waals surface area contributed by atoms with Crippen molar-refractivity contribution in [2.45, 2.75) is 55.9 Å². The Kier molecular flexibility index (Phi) is 7.14. The fraction of sp³-hybridized carbons (Fsp3) is 0.381. The van der Waals surface area contributed by atoms with Crippen molar-refractivity contribution in [3.63, 3.8) is 0 Å². The van der Waals surface area contributed by atoms with Crippen molar-refractivity contribution < 1.29 is 26.4 Å². The molecule has 1 aliphatic carbocycles. The van der Waals surface area contributed by atoms with Crippen molar-refractivity contribution in [2.24, 2.45) is 0 Å². The van der Waals surface area contributed by atoms with Crippen LogP contribution in [0.1, 0.15) is 44.1 Å². The minimum atomic E-state index is -3.60. The van der Waals surface area contributed by atoms with E-state index in [4.69, 9.17) is 0 Å². The largest absolute Gasteiger partial charge is 0.323 e. The molecule has 2 aromatic carbocycles. The normalized spacial score (nSPS) is 15.2. The van der Waals surface area contributed by atoms with Gasteiger partial charge in [0.1, 0.15) is 0 Å². The standard InChI is InChI=1S/C21H23F3N2O3S/c22-17-11-12-18(21(24)20(17)23)25-19(27)13-8-14-6-9-16(10-7-14)30(28,29)26-15-4-2-1-3-5-15/h6-7,9-12,15,26H,1-5,8,13H2,(H,25,27). The molecular formula is C21H23F3N2O3S. The Morgan fingerprint density at radius 2 is 1.60 bits per heavy atom. The average molecular weight is 440 g/mol. The molecule has 0 aliphatic heterocycles. The van der Waals surface area contributed by atoms with Crippen LogP contribution in [-0.4, -0.2) is 20.4 Å². The number of hydrogen-bond donors (Lipinski definition) is 2. The van der Waals surface area contributed by atoms with Crippen LogP contribution in [0.2, 0.25) is 0 Å². The molecule has 0 saturated heterocycles. The summed E-state index contributed by atoms with van der Waals surface area (Å²) in [7, 11) is -3.60. The van der Waals surface area contributed by atoms with Gasteiger partial charge in [0.05, 0.1) is 10.6 Å². The van der Waals surface area contributed by atoms with E-state index < -0.39 is 39.1 Å². The summed E-state index contributed by atoms with van der Waals surface area (Å²) in [6, 6.07) is 7.82. The fourth-order valence-corrected chi connectivity index (χ4v) is 4.74. The van der Waals surface area contributed by atoms with E-state index in [1.807, 2.05) is 0 Å². The maximum atomic E-state index is 13.6. The Balaban J connectivity index is 1.55. The van der Waals surface area contributed by atoms with Crippen molar-refractivity contribution in [3.05, 3.63) is 59.4 Å². The summed E-state index contributed by atoms with van der Waals surface area (Å²) < 4.78 is 67.5. The Bertz CT molecular complexity index is 1000. The summed E-state index contributed by atoms with van der Waals surface area (Å²) in [4.78, 5) is 12.1. The summed E-state index contributed by atoms with van der Waals surface area (Å²) in [5.74, 6) is -5.01. The molecule has 2 N–H and O–H groups in total. The summed E-state index contributed by atoms with van der Waals surface area (Å²) in [6.45, 7) is 0. The molecule has 3 rings (SSSR count). The lowest BCUT2D eigenvalue weighted by molar-refractivity contribution is -0.116. The lowest BCUT2D eigenvalue weighted by Crippen LogP contribution is -2.36. The molecule has 1 saturated carbocycles. The van der Waals surface area contributed by atoms with Crippen LogP contribution in [0.15, 0.2) is 41.3 Å². The van der Waals surface area contributed by atoms with E-state index in [2.05, 4.69) is 10.0 Å². The number of sulfonamides is 1. The van der Waals surface area contributed by atoms with Gasteiger partial charge >= 0.3 is 0 Å². The molecule has 0 atom stereocenters. The lowest BCUT2D eigenvalue weighted by atomic mass is 9.96. The quantitative estimate of drug-likeness (QED) is 0.631. The SMILES string of the molecule is O=C(CCc1ccc(S(=O)(=O)NC2CCCCC2)cc1)Nc1ccc(F)c(F)c1F. The maximum Gasteiger partial charge on any atom is 0.240 e. The predicted octanol–water partition coefficient (Wildman–Crippen LogP) is 4.29. The second kappa shape index (κ2) is 9.61. The number of aryl methyl sites for hydroxylation is 1. The zero-order valence-electron chi connectivity index (χ0n) is 16.3. The van der Waals surface area contributed by atoms with E-state index in [9.17, 15) is 26.4 Å². The van der Waals surface area contributed by atoms with Crippen molar-refractivity contribution in [2.75, 3.05) is 5.32 Å². The van der Waals surface area contributed by atoms with Crippen LogP contribution in [0, 0.1) is 17.5 Å². The van der Waals surface area contributed by atoms with E-state index in [0.29, 0.717) is 5.56 Å². The molecule has 30 heavy (non-hydrogen) atoms. The molecule has 162 valence electrons. The first-order valence-electron chi connectivity index (χ1n) is 9.81. The minimum absolute atomic E-state index is 0.0368. The number of benzene rings is 2. The van der Waals surface area contributed by atoms with Gasteiger partial charge < -0.3 is 5.32 Å². The molecule has 0 unspecified atom stereocenters. The van der Waals surface area contributed by atoms with Crippen LogP contribution < -0.4 is 10.0 Å². The van der Waals surface area contributed by atoms with Gasteiger partial charge in [-0.15, -0.1) is 0 Å². The highest BCUT2D eigenvalue weighted by Crippen LogP contribution is 2.21. The minimum Gasteiger partial charge on any atom is -0.323 e. The third-order valence-corrected chi connectivity index (χ3v) is 6.65. The molecule has 1 aliphatic rings. The Morgan fingerprint density at radius 3 is 2.27 bits per heavy atom. The van der Waals surface area contributed by atoms with Crippen LogP contribution in [0.5, 0.6) is 0 Å². The van der Waals surface area contributed by atoms with Gasteiger partial charge in [0.25, 0.3) is 0 Å². The molecule has 0 bridgehead atoms. The van der Waals surface area contributed by atoms with Crippen molar-refractivity contribution >= 4 is 21.6 Å². The third-order valence-electron chi connectivity index (χ3n) is 5.11. The first kappa shape index (κ1) is 22.3. The average Bonchev–Trinajstić information content (AvgIpc) is 2.73. The number of anilines is 1. The van der Waals surface area contributed by atoms with Gasteiger partial charge in [0.15, 0.2) is 17.5 Å². The molecule has 0 heterocycles. The van der Waals surface area contributed by atoms with Gasteiger partial charge in [-0.3, -0.25) is 4.79 Å². The zero-order chi connectivity index (χ0) is 21.7. The first-order valence-corrected chi connectivity index (χ1v) is 11.3. The molecule has 1 amide bonds. The smallest absolute Gasteiger partial charge is 0.240 e. The second-order valence-corrected chi connectivity index (χ2v) is 9.09. The summed E-state index contributed by atoms with van der Waals surface area (Å²) in [5.41, 5.74) is 0.279. The van der Waals surface area contributed by atoms with Gasteiger partial charge in [-0.2, -0.15) is 0 Å². The van der Waals surface area contributed by atoms with E-state index >= 15 is 0 Å². The molecule has 9 heteroatoms. The van der Waals surface area contributed by atoms with Crippen LogP contribution >= 0.6 is 0 Å². The highest BCUT2D eigenvalue weighted by Gasteiger charge is 2.21. The Hall–Kier alpha value is -2.39. The zero-order valence-corrected chi connectivity index (χ0v) is 17.1. The number of halogens is 3. The molecule has 0 aromatic heterocycles. The van der Waals surface area contributed by atoms with E-state index in [1.54, 1.807) is 12.1 Å². The number of nitrogens with one attached hydrogen (secondary N) is 2. The van der Waals surface area contributed by atoms with Gasteiger partial charge in [0.2, 0.25) is 15.9 Å². The molecule has 1 fully saturated rings. The number of carbonyl (C=O) groups excluding carboxylic acids is 1. The van der Waals surface area contributed by atoms with Crippen LogP contribution in [0.25, 0.3) is 0 Å². The molecule has 0 radical (unpaired) electrons. The number of hydrogen-bond acceptors (Lipinski definition) is 3. The summed E-state index contributed by atoms with van der Waals surface area (Å²) in [6.07, 6.45) is 5.07. The summed E-state index contributed by atoms with van der Waals surface area (Å²) in [5, 5.41) is 2.20. The van der Waals surface area contributed by atoms with E-state index in [0.717, 1.165) is 44.2 Å². The maximum absolute atomic E-state index is 13.6. The Morgan fingerprint density at radius 1 is 0.933 bits per heavy atom. The number of rotatable bonds is 7. The highest BCUT2D eigenvalue weighted by molar-refractivity contribution is 7.89. The number of amides is 1. The summed E-state index contributed by atoms with van der Waals surface area (Å²) >= 11 is 0. The van der Waals surface area contributed by atoms with Crippen LogP contribution in [0.4, 0.5) is 18.9 Å². The predicted molar refractivity (Wildman–Crippen MR) is 107 cm³/mol. The van der Waals surface area contributed by atoms with Crippen molar-refractivity contribution in [1.29, 1.82) is 0 Å². The molecular weight excluding hydrogens is 417 g/mol. The highest BCUT2D eigenvalue weighted by atomic mass is 32.2. The molecule has 2 aromatic rings. The number of carbonyl (C=O) groups is 1. The third kappa shape index (κ3) is 5.60. The van der Waals surface area contributed by atoms with Gasteiger partial charge in [-0.1, -0.05) is 31.4 Å². The topological polar surface area (TPSA) is 75.3 Å².